The van der Waals surface area contributed by atoms with Crippen molar-refractivity contribution in [2.75, 3.05) is 6.54 Å². The molecule has 4 heteroatoms. The fourth-order valence-corrected chi connectivity index (χ4v) is 2.48. The Kier molecular flexibility index (Phi) is 4.09. The SMILES string of the molecule is NCC(NC(=O)c1cccnc1)C1CCCC1. The molecule has 3 N–H and O–H groups in total. The summed E-state index contributed by atoms with van der Waals surface area (Å²) in [5, 5.41) is 3.02. The van der Waals surface area contributed by atoms with Crippen LogP contribution in [0.15, 0.2) is 24.5 Å². The van der Waals surface area contributed by atoms with Crippen molar-refractivity contribution in [3.05, 3.63) is 30.1 Å². The number of amides is 1. The third-order valence-corrected chi connectivity index (χ3v) is 3.46. The zero-order chi connectivity index (χ0) is 12.1. The first-order valence-corrected chi connectivity index (χ1v) is 6.22. The topological polar surface area (TPSA) is 68.0 Å². The molecular formula is C13H19N3O. The standard InChI is InChI=1S/C13H19N3O/c14-8-12(10-4-1-2-5-10)16-13(17)11-6-3-7-15-9-11/h3,6-7,9-10,12H,1-2,4-5,8,14H2,(H,16,17). The molecule has 1 saturated carbocycles. The Bertz CT molecular complexity index is 360. The van der Waals surface area contributed by atoms with Crippen LogP contribution in [0, 0.1) is 5.92 Å². The first-order chi connectivity index (χ1) is 8.31. The van der Waals surface area contributed by atoms with E-state index < -0.39 is 0 Å². The minimum Gasteiger partial charge on any atom is -0.348 e. The highest BCUT2D eigenvalue weighted by atomic mass is 16.1. The highest BCUT2D eigenvalue weighted by Crippen LogP contribution is 2.27. The summed E-state index contributed by atoms with van der Waals surface area (Å²) in [5.74, 6) is 0.473. The number of nitrogens with one attached hydrogen (secondary N) is 1. The van der Waals surface area contributed by atoms with Crippen molar-refractivity contribution in [3.63, 3.8) is 0 Å². The van der Waals surface area contributed by atoms with Gasteiger partial charge in [0.25, 0.3) is 5.91 Å². The van der Waals surface area contributed by atoms with E-state index in [1.165, 1.54) is 25.7 Å². The lowest BCUT2D eigenvalue weighted by molar-refractivity contribution is 0.0924. The van der Waals surface area contributed by atoms with Crippen molar-refractivity contribution in [3.8, 4) is 0 Å². The van der Waals surface area contributed by atoms with E-state index in [9.17, 15) is 4.79 Å². The van der Waals surface area contributed by atoms with E-state index in [0.717, 1.165) is 0 Å². The van der Waals surface area contributed by atoms with Crippen molar-refractivity contribution in [2.45, 2.75) is 31.7 Å². The van der Waals surface area contributed by atoms with Crippen LogP contribution < -0.4 is 11.1 Å². The number of nitrogens with zero attached hydrogens (tertiary/aromatic N) is 1. The van der Waals surface area contributed by atoms with Gasteiger partial charge in [0, 0.05) is 25.0 Å². The smallest absolute Gasteiger partial charge is 0.253 e. The molecule has 0 aliphatic heterocycles. The van der Waals surface area contributed by atoms with Crippen molar-refractivity contribution >= 4 is 5.91 Å². The Morgan fingerprint density at radius 2 is 2.29 bits per heavy atom. The quantitative estimate of drug-likeness (QED) is 0.824. The number of hydrogen-bond donors (Lipinski definition) is 2. The van der Waals surface area contributed by atoms with Crippen molar-refractivity contribution in [1.29, 1.82) is 0 Å². The number of rotatable bonds is 4. The van der Waals surface area contributed by atoms with Crippen LogP contribution >= 0.6 is 0 Å². The summed E-state index contributed by atoms with van der Waals surface area (Å²) in [7, 11) is 0. The Hall–Kier alpha value is -1.42. The number of aromatic nitrogens is 1. The second-order valence-electron chi connectivity index (χ2n) is 4.60. The summed E-state index contributed by atoms with van der Waals surface area (Å²) in [6.45, 7) is 0.511. The van der Waals surface area contributed by atoms with Crippen LogP contribution in [0.5, 0.6) is 0 Å². The molecule has 2 rings (SSSR count). The molecular weight excluding hydrogens is 214 g/mol. The number of carbonyl (C=O) groups is 1. The molecule has 0 saturated heterocycles. The second kappa shape index (κ2) is 5.77. The van der Waals surface area contributed by atoms with Crippen molar-refractivity contribution in [1.82, 2.24) is 10.3 Å². The number of nitrogens with two attached hydrogens (primary N) is 1. The molecule has 92 valence electrons. The molecule has 1 amide bonds. The fraction of sp³-hybridized carbons (Fsp3) is 0.538. The Morgan fingerprint density at radius 3 is 2.88 bits per heavy atom. The maximum atomic E-state index is 12.0. The average Bonchev–Trinajstić information content (AvgIpc) is 2.90. The van der Waals surface area contributed by atoms with Crippen molar-refractivity contribution < 1.29 is 4.79 Å². The maximum Gasteiger partial charge on any atom is 0.253 e. The van der Waals surface area contributed by atoms with E-state index in [1.807, 2.05) is 0 Å². The largest absolute Gasteiger partial charge is 0.348 e. The molecule has 0 radical (unpaired) electrons. The van der Waals surface area contributed by atoms with Crippen LogP contribution in [0.1, 0.15) is 36.0 Å². The van der Waals surface area contributed by atoms with Crippen LogP contribution in [0.2, 0.25) is 0 Å². The van der Waals surface area contributed by atoms with Gasteiger partial charge in [-0.25, -0.2) is 0 Å². The number of pyridine rings is 1. The Labute approximate surface area is 102 Å². The zero-order valence-corrected chi connectivity index (χ0v) is 9.93. The van der Waals surface area contributed by atoms with Gasteiger partial charge in [0.05, 0.1) is 5.56 Å². The lowest BCUT2D eigenvalue weighted by Crippen LogP contribution is -2.44. The lowest BCUT2D eigenvalue weighted by Gasteiger charge is -2.23. The first-order valence-electron chi connectivity index (χ1n) is 6.22. The monoisotopic (exact) mass is 233 g/mol. The fourth-order valence-electron chi connectivity index (χ4n) is 2.48. The van der Waals surface area contributed by atoms with Gasteiger partial charge in [0.1, 0.15) is 0 Å². The minimum absolute atomic E-state index is 0.0690. The molecule has 1 fully saturated rings. The summed E-state index contributed by atoms with van der Waals surface area (Å²) < 4.78 is 0. The van der Waals surface area contributed by atoms with E-state index >= 15 is 0 Å². The number of hydrogen-bond acceptors (Lipinski definition) is 3. The molecule has 1 aliphatic rings. The Morgan fingerprint density at radius 1 is 1.53 bits per heavy atom. The van der Waals surface area contributed by atoms with Gasteiger partial charge in [-0.05, 0) is 30.9 Å². The van der Waals surface area contributed by atoms with E-state index in [1.54, 1.807) is 24.5 Å². The molecule has 0 aromatic carbocycles. The summed E-state index contributed by atoms with van der Waals surface area (Å²) >= 11 is 0. The predicted molar refractivity (Wildman–Crippen MR) is 66.5 cm³/mol. The maximum absolute atomic E-state index is 12.0. The van der Waals surface area contributed by atoms with Gasteiger partial charge >= 0.3 is 0 Å². The molecule has 1 aromatic heterocycles. The summed E-state index contributed by atoms with van der Waals surface area (Å²) in [4.78, 5) is 15.9. The zero-order valence-electron chi connectivity index (χ0n) is 9.93. The van der Waals surface area contributed by atoms with Gasteiger partial charge in [-0.1, -0.05) is 12.8 Å². The van der Waals surface area contributed by atoms with Gasteiger partial charge in [0.2, 0.25) is 0 Å². The molecule has 4 nitrogen and oxygen atoms in total. The van der Waals surface area contributed by atoms with E-state index in [2.05, 4.69) is 10.3 Å². The van der Waals surface area contributed by atoms with Gasteiger partial charge in [-0.2, -0.15) is 0 Å². The van der Waals surface area contributed by atoms with Gasteiger partial charge < -0.3 is 11.1 Å². The van der Waals surface area contributed by atoms with Gasteiger partial charge in [-0.15, -0.1) is 0 Å². The summed E-state index contributed by atoms with van der Waals surface area (Å²) in [6, 6.07) is 3.64. The summed E-state index contributed by atoms with van der Waals surface area (Å²) in [6.07, 6.45) is 8.10. The first kappa shape index (κ1) is 12.0. The van der Waals surface area contributed by atoms with E-state index in [0.29, 0.717) is 18.0 Å². The van der Waals surface area contributed by atoms with Crippen LogP contribution in [0.25, 0.3) is 0 Å². The molecule has 1 heterocycles. The average molecular weight is 233 g/mol. The van der Waals surface area contributed by atoms with E-state index in [4.69, 9.17) is 5.73 Å². The lowest BCUT2D eigenvalue weighted by atomic mass is 9.98. The normalized spacial score (nSPS) is 17.9. The highest BCUT2D eigenvalue weighted by molar-refractivity contribution is 5.94. The second-order valence-corrected chi connectivity index (χ2v) is 4.60. The molecule has 1 aromatic rings. The highest BCUT2D eigenvalue weighted by Gasteiger charge is 2.25. The Balaban J connectivity index is 1.96. The third-order valence-electron chi connectivity index (χ3n) is 3.46. The number of carbonyl (C=O) groups excluding carboxylic acids is 1. The summed E-state index contributed by atoms with van der Waals surface area (Å²) in [5.41, 5.74) is 6.35. The molecule has 0 spiro atoms. The van der Waals surface area contributed by atoms with Crippen molar-refractivity contribution in [2.24, 2.45) is 11.7 Å². The molecule has 1 atom stereocenters. The van der Waals surface area contributed by atoms with Crippen LogP contribution in [0.3, 0.4) is 0 Å². The van der Waals surface area contributed by atoms with Crippen LogP contribution in [-0.2, 0) is 0 Å². The minimum atomic E-state index is -0.0690. The molecule has 1 aliphatic carbocycles. The van der Waals surface area contributed by atoms with Gasteiger partial charge in [-0.3, -0.25) is 9.78 Å². The molecule has 1 unspecified atom stereocenters. The molecule has 17 heavy (non-hydrogen) atoms. The van der Waals surface area contributed by atoms with Crippen LogP contribution in [-0.4, -0.2) is 23.5 Å². The van der Waals surface area contributed by atoms with Crippen LogP contribution in [0.4, 0.5) is 0 Å². The third kappa shape index (κ3) is 3.03. The van der Waals surface area contributed by atoms with E-state index in [-0.39, 0.29) is 11.9 Å². The van der Waals surface area contributed by atoms with Gasteiger partial charge in [0.15, 0.2) is 0 Å². The predicted octanol–water partition coefficient (Wildman–Crippen LogP) is 1.33. The molecule has 0 bridgehead atoms.